The number of aromatic nitrogens is 7. The highest BCUT2D eigenvalue weighted by molar-refractivity contribution is 7.99. The molecule has 0 radical (unpaired) electrons. The average molecular weight is 318 g/mol. The molecule has 8 nitrogen and oxygen atoms in total. The monoisotopic (exact) mass is 318 g/mol. The van der Waals surface area contributed by atoms with Gasteiger partial charge in [0.15, 0.2) is 5.65 Å². The van der Waals surface area contributed by atoms with Gasteiger partial charge < -0.3 is 5.32 Å². The standard InChI is InChI=1S/C13H18N8S/c1-8(2)11-17-12(9-6-16-21(3)13(9)18-11)14-4-5-22-10-7-15-20-19-10/h6-8H,4-5H2,1-3H3,(H,14,17,18)(H,15,19,20). The summed E-state index contributed by atoms with van der Waals surface area (Å²) in [5.74, 6) is 2.80. The average Bonchev–Trinajstić information content (AvgIpc) is 3.14. The first kappa shape index (κ1) is 14.8. The van der Waals surface area contributed by atoms with Crippen molar-refractivity contribution >= 4 is 28.6 Å². The molecule has 0 unspecified atom stereocenters. The molecule has 0 atom stereocenters. The Hall–Kier alpha value is -2.16. The van der Waals surface area contributed by atoms with Crippen molar-refractivity contribution in [3.63, 3.8) is 0 Å². The summed E-state index contributed by atoms with van der Waals surface area (Å²) in [5.41, 5.74) is 0.852. The summed E-state index contributed by atoms with van der Waals surface area (Å²) in [6, 6.07) is 0. The minimum absolute atomic E-state index is 0.268. The van der Waals surface area contributed by atoms with Gasteiger partial charge in [0.05, 0.1) is 17.8 Å². The van der Waals surface area contributed by atoms with Gasteiger partial charge in [0, 0.05) is 25.3 Å². The third-order valence-electron chi connectivity index (χ3n) is 3.16. The number of hydrogen-bond donors (Lipinski definition) is 2. The summed E-state index contributed by atoms with van der Waals surface area (Å²) >= 11 is 1.64. The van der Waals surface area contributed by atoms with E-state index in [9.17, 15) is 0 Å². The lowest BCUT2D eigenvalue weighted by atomic mass is 10.2. The molecule has 3 aromatic heterocycles. The van der Waals surface area contributed by atoms with E-state index in [1.807, 2.05) is 7.05 Å². The molecule has 116 valence electrons. The van der Waals surface area contributed by atoms with E-state index in [1.165, 1.54) is 0 Å². The van der Waals surface area contributed by atoms with Crippen molar-refractivity contribution in [2.45, 2.75) is 24.8 Å². The van der Waals surface area contributed by atoms with Crippen LogP contribution in [0.5, 0.6) is 0 Å². The van der Waals surface area contributed by atoms with Crippen LogP contribution in [0.15, 0.2) is 17.4 Å². The van der Waals surface area contributed by atoms with E-state index in [0.29, 0.717) is 0 Å². The Labute approximate surface area is 132 Å². The second-order valence-electron chi connectivity index (χ2n) is 5.17. The number of thioether (sulfide) groups is 1. The highest BCUT2D eigenvalue weighted by Gasteiger charge is 2.13. The van der Waals surface area contributed by atoms with Gasteiger partial charge in [-0.2, -0.15) is 15.4 Å². The van der Waals surface area contributed by atoms with Crippen molar-refractivity contribution in [3.8, 4) is 0 Å². The number of rotatable bonds is 6. The zero-order valence-corrected chi connectivity index (χ0v) is 13.6. The van der Waals surface area contributed by atoms with Crippen LogP contribution < -0.4 is 5.32 Å². The Balaban J connectivity index is 1.74. The Morgan fingerprint density at radius 2 is 2.18 bits per heavy atom. The zero-order valence-electron chi connectivity index (χ0n) is 12.7. The zero-order chi connectivity index (χ0) is 15.5. The smallest absolute Gasteiger partial charge is 0.163 e. The molecule has 9 heteroatoms. The SMILES string of the molecule is CC(C)c1nc(NCCSc2cn[nH]n2)c2cnn(C)c2n1. The quantitative estimate of drug-likeness (QED) is 0.528. The molecule has 0 aromatic carbocycles. The number of aromatic amines is 1. The molecule has 3 aromatic rings. The lowest BCUT2D eigenvalue weighted by molar-refractivity contribution is 0.752. The van der Waals surface area contributed by atoms with Gasteiger partial charge >= 0.3 is 0 Å². The van der Waals surface area contributed by atoms with Gasteiger partial charge in [-0.1, -0.05) is 13.8 Å². The molecule has 3 rings (SSSR count). The van der Waals surface area contributed by atoms with E-state index in [-0.39, 0.29) is 5.92 Å². The molecule has 0 fully saturated rings. The summed E-state index contributed by atoms with van der Waals surface area (Å²) in [5, 5.41) is 19.9. The van der Waals surface area contributed by atoms with Crippen molar-refractivity contribution in [1.82, 2.24) is 35.2 Å². The molecule has 0 saturated carbocycles. The van der Waals surface area contributed by atoms with Crippen molar-refractivity contribution in [3.05, 3.63) is 18.2 Å². The molecule has 0 amide bonds. The molecule has 0 aliphatic carbocycles. The molecular weight excluding hydrogens is 300 g/mol. The predicted octanol–water partition coefficient (Wildman–Crippen LogP) is 1.81. The van der Waals surface area contributed by atoms with Crippen LogP contribution in [-0.2, 0) is 7.05 Å². The Bertz CT molecular complexity index is 749. The van der Waals surface area contributed by atoms with Gasteiger partial charge in [0.25, 0.3) is 0 Å². The van der Waals surface area contributed by atoms with E-state index >= 15 is 0 Å². The summed E-state index contributed by atoms with van der Waals surface area (Å²) in [4.78, 5) is 9.21. The van der Waals surface area contributed by atoms with Crippen molar-refractivity contribution < 1.29 is 0 Å². The van der Waals surface area contributed by atoms with Gasteiger partial charge in [-0.3, -0.25) is 4.68 Å². The maximum Gasteiger partial charge on any atom is 0.163 e. The first-order valence-electron chi connectivity index (χ1n) is 7.07. The fraction of sp³-hybridized carbons (Fsp3) is 0.462. The van der Waals surface area contributed by atoms with Crippen molar-refractivity contribution in [2.24, 2.45) is 7.05 Å². The van der Waals surface area contributed by atoms with Gasteiger partial charge in [-0.05, 0) is 0 Å². The second kappa shape index (κ2) is 6.30. The number of H-pyrrole nitrogens is 1. The maximum absolute atomic E-state index is 4.63. The molecule has 22 heavy (non-hydrogen) atoms. The fourth-order valence-electron chi connectivity index (χ4n) is 2.02. The van der Waals surface area contributed by atoms with Crippen LogP contribution in [0, 0.1) is 0 Å². The second-order valence-corrected chi connectivity index (χ2v) is 6.29. The van der Waals surface area contributed by atoms with Crippen LogP contribution in [0.25, 0.3) is 11.0 Å². The first-order valence-corrected chi connectivity index (χ1v) is 8.06. The summed E-state index contributed by atoms with van der Waals surface area (Å²) in [6.45, 7) is 4.94. The van der Waals surface area contributed by atoms with Crippen LogP contribution in [-0.4, -0.2) is 47.5 Å². The molecule has 0 aliphatic heterocycles. The lowest BCUT2D eigenvalue weighted by Crippen LogP contribution is -2.09. The normalized spacial score (nSPS) is 11.5. The Kier molecular flexibility index (Phi) is 4.23. The summed E-state index contributed by atoms with van der Waals surface area (Å²) in [6.07, 6.45) is 3.51. The largest absolute Gasteiger partial charge is 0.369 e. The third-order valence-corrected chi connectivity index (χ3v) is 4.06. The van der Waals surface area contributed by atoms with Gasteiger partial charge in [0.1, 0.15) is 16.7 Å². The topological polar surface area (TPSA) is 97.2 Å². The number of fused-ring (bicyclic) bond motifs is 1. The number of nitrogens with one attached hydrogen (secondary N) is 2. The van der Waals surface area contributed by atoms with E-state index in [4.69, 9.17) is 0 Å². The molecule has 0 aliphatic rings. The van der Waals surface area contributed by atoms with Crippen molar-refractivity contribution in [2.75, 3.05) is 17.6 Å². The highest BCUT2D eigenvalue weighted by atomic mass is 32.2. The molecule has 0 spiro atoms. The minimum atomic E-state index is 0.268. The molecular formula is C13H18N8S. The summed E-state index contributed by atoms with van der Waals surface area (Å²) < 4.78 is 1.78. The maximum atomic E-state index is 4.63. The lowest BCUT2D eigenvalue weighted by Gasteiger charge is -2.10. The van der Waals surface area contributed by atoms with E-state index in [1.54, 1.807) is 28.8 Å². The number of anilines is 1. The van der Waals surface area contributed by atoms with Crippen LogP contribution in [0.1, 0.15) is 25.6 Å². The third kappa shape index (κ3) is 3.03. The molecule has 3 heterocycles. The van der Waals surface area contributed by atoms with E-state index < -0.39 is 0 Å². The van der Waals surface area contributed by atoms with Gasteiger partial charge in [0.2, 0.25) is 0 Å². The fourth-order valence-corrected chi connectivity index (χ4v) is 2.66. The van der Waals surface area contributed by atoms with Crippen molar-refractivity contribution in [1.29, 1.82) is 0 Å². The van der Waals surface area contributed by atoms with Crippen LogP contribution >= 0.6 is 11.8 Å². The predicted molar refractivity (Wildman–Crippen MR) is 86.0 cm³/mol. The molecule has 2 N–H and O–H groups in total. The Morgan fingerprint density at radius 3 is 2.91 bits per heavy atom. The van der Waals surface area contributed by atoms with Crippen LogP contribution in [0.4, 0.5) is 5.82 Å². The van der Waals surface area contributed by atoms with E-state index in [0.717, 1.165) is 40.0 Å². The minimum Gasteiger partial charge on any atom is -0.369 e. The number of hydrogen-bond acceptors (Lipinski definition) is 7. The Morgan fingerprint density at radius 1 is 1.32 bits per heavy atom. The van der Waals surface area contributed by atoms with E-state index in [2.05, 4.69) is 49.6 Å². The first-order chi connectivity index (χ1) is 10.6. The summed E-state index contributed by atoms with van der Waals surface area (Å²) in [7, 11) is 1.89. The van der Waals surface area contributed by atoms with Gasteiger partial charge in [-0.25, -0.2) is 9.97 Å². The molecule has 0 bridgehead atoms. The number of aryl methyl sites for hydroxylation is 1. The van der Waals surface area contributed by atoms with Crippen LogP contribution in [0.3, 0.4) is 0 Å². The molecule has 0 saturated heterocycles. The van der Waals surface area contributed by atoms with Crippen LogP contribution in [0.2, 0.25) is 0 Å². The van der Waals surface area contributed by atoms with Gasteiger partial charge in [-0.15, -0.1) is 16.9 Å². The number of nitrogens with zero attached hydrogens (tertiary/aromatic N) is 6. The highest BCUT2D eigenvalue weighted by Crippen LogP contribution is 2.22.